The van der Waals surface area contributed by atoms with E-state index in [2.05, 4.69) is 37.9 Å². The zero-order valence-electron chi connectivity index (χ0n) is 15.2. The topological polar surface area (TPSA) is 21.6 Å². The number of hydrogen-bond donors (Lipinski definition) is 0. The summed E-state index contributed by atoms with van der Waals surface area (Å²) in [4.78, 5) is 4.60. The van der Waals surface area contributed by atoms with Crippen molar-refractivity contribution >= 4 is 5.90 Å². The standard InChI is InChI=1S/C20H37NO/c1-4-5-6-7-8-9-10-11-12-13-14-15-16-17-19-21-20(2,3)18-22-19/h7-8H,4-6,9-18H2,1-3H3/b8-7-. The minimum Gasteiger partial charge on any atom is -0.478 e. The van der Waals surface area contributed by atoms with Gasteiger partial charge in [0.1, 0.15) is 6.61 Å². The van der Waals surface area contributed by atoms with Gasteiger partial charge in [-0.15, -0.1) is 0 Å². The molecule has 0 N–H and O–H groups in total. The maximum absolute atomic E-state index is 5.62. The van der Waals surface area contributed by atoms with E-state index in [1.54, 1.807) is 0 Å². The molecular formula is C20H37NO. The number of aliphatic imine (C=N–C) groups is 1. The first-order chi connectivity index (χ1) is 10.6. The second-order valence-corrected chi connectivity index (χ2v) is 7.23. The quantitative estimate of drug-likeness (QED) is 0.283. The highest BCUT2D eigenvalue weighted by Crippen LogP contribution is 2.19. The van der Waals surface area contributed by atoms with Crippen molar-refractivity contribution in [3.63, 3.8) is 0 Å². The third kappa shape index (κ3) is 10.0. The van der Waals surface area contributed by atoms with Crippen LogP contribution in [0, 0.1) is 0 Å². The predicted octanol–water partition coefficient (Wildman–Crippen LogP) is 6.45. The summed E-state index contributed by atoms with van der Waals surface area (Å²) in [5.41, 5.74) is 0.0142. The normalized spacial score (nSPS) is 17.0. The molecule has 22 heavy (non-hydrogen) atoms. The highest BCUT2D eigenvalue weighted by atomic mass is 16.5. The molecule has 0 radical (unpaired) electrons. The molecule has 128 valence electrons. The van der Waals surface area contributed by atoms with Crippen molar-refractivity contribution < 1.29 is 4.74 Å². The lowest BCUT2D eigenvalue weighted by Gasteiger charge is -2.07. The van der Waals surface area contributed by atoms with Gasteiger partial charge in [0.25, 0.3) is 0 Å². The van der Waals surface area contributed by atoms with E-state index in [4.69, 9.17) is 4.74 Å². The number of allylic oxidation sites excluding steroid dienone is 2. The largest absolute Gasteiger partial charge is 0.478 e. The fourth-order valence-corrected chi connectivity index (χ4v) is 2.77. The lowest BCUT2D eigenvalue weighted by molar-refractivity contribution is 0.273. The Morgan fingerprint density at radius 1 is 0.909 bits per heavy atom. The average Bonchev–Trinajstić information content (AvgIpc) is 2.83. The van der Waals surface area contributed by atoms with Crippen LogP contribution < -0.4 is 0 Å². The third-order valence-corrected chi connectivity index (χ3v) is 4.17. The van der Waals surface area contributed by atoms with Gasteiger partial charge < -0.3 is 4.74 Å². The molecule has 0 atom stereocenters. The van der Waals surface area contributed by atoms with Crippen LogP contribution in [0.3, 0.4) is 0 Å². The summed E-state index contributed by atoms with van der Waals surface area (Å²) < 4.78 is 5.62. The molecule has 1 rings (SSSR count). The Morgan fingerprint density at radius 2 is 1.50 bits per heavy atom. The summed E-state index contributed by atoms with van der Waals surface area (Å²) in [7, 11) is 0. The molecule has 0 unspecified atom stereocenters. The van der Waals surface area contributed by atoms with E-state index in [9.17, 15) is 0 Å². The van der Waals surface area contributed by atoms with Gasteiger partial charge in [-0.2, -0.15) is 0 Å². The highest BCUT2D eigenvalue weighted by molar-refractivity contribution is 5.78. The molecule has 0 bridgehead atoms. The Bertz CT molecular complexity index is 331. The monoisotopic (exact) mass is 307 g/mol. The van der Waals surface area contributed by atoms with E-state index in [0.717, 1.165) is 18.9 Å². The van der Waals surface area contributed by atoms with Crippen molar-refractivity contribution in [2.45, 2.75) is 103 Å². The van der Waals surface area contributed by atoms with Gasteiger partial charge in [0.05, 0.1) is 5.54 Å². The molecule has 1 heterocycles. The Labute approximate surface area is 138 Å². The van der Waals surface area contributed by atoms with Crippen molar-refractivity contribution in [1.82, 2.24) is 0 Å². The fourth-order valence-electron chi connectivity index (χ4n) is 2.77. The zero-order valence-corrected chi connectivity index (χ0v) is 15.2. The summed E-state index contributed by atoms with van der Waals surface area (Å²) in [6, 6.07) is 0. The molecule has 2 heteroatoms. The number of rotatable bonds is 13. The van der Waals surface area contributed by atoms with E-state index >= 15 is 0 Å². The molecule has 0 aliphatic carbocycles. The molecule has 1 aliphatic rings. The molecule has 0 saturated carbocycles. The zero-order chi connectivity index (χ0) is 16.1. The van der Waals surface area contributed by atoms with Crippen LogP contribution in [0.25, 0.3) is 0 Å². The van der Waals surface area contributed by atoms with E-state index in [1.165, 1.54) is 70.6 Å². The summed E-state index contributed by atoms with van der Waals surface area (Å²) in [6.45, 7) is 7.29. The number of ether oxygens (including phenoxy) is 1. The van der Waals surface area contributed by atoms with Crippen LogP contribution in [0.2, 0.25) is 0 Å². The molecular weight excluding hydrogens is 270 g/mol. The van der Waals surface area contributed by atoms with Gasteiger partial charge in [0.15, 0.2) is 5.90 Å². The minimum atomic E-state index is 0.0142. The molecule has 0 spiro atoms. The second-order valence-electron chi connectivity index (χ2n) is 7.23. The second kappa shape index (κ2) is 11.7. The predicted molar refractivity (Wildman–Crippen MR) is 97.7 cm³/mol. The van der Waals surface area contributed by atoms with Crippen molar-refractivity contribution in [3.8, 4) is 0 Å². The Morgan fingerprint density at radius 3 is 2.09 bits per heavy atom. The molecule has 0 fully saturated rings. The number of hydrogen-bond acceptors (Lipinski definition) is 2. The molecule has 0 aromatic carbocycles. The van der Waals surface area contributed by atoms with Crippen LogP contribution in [0.4, 0.5) is 0 Å². The number of nitrogens with zero attached hydrogens (tertiary/aromatic N) is 1. The Kier molecular flexibility index (Phi) is 10.3. The van der Waals surface area contributed by atoms with Crippen molar-refractivity contribution in [3.05, 3.63) is 12.2 Å². The summed E-state index contributed by atoms with van der Waals surface area (Å²) in [5.74, 6) is 0.986. The van der Waals surface area contributed by atoms with Crippen LogP contribution in [0.5, 0.6) is 0 Å². The summed E-state index contributed by atoms with van der Waals surface area (Å²) in [5, 5.41) is 0. The van der Waals surface area contributed by atoms with Crippen molar-refractivity contribution in [1.29, 1.82) is 0 Å². The van der Waals surface area contributed by atoms with Crippen LogP contribution >= 0.6 is 0 Å². The first-order valence-electron chi connectivity index (χ1n) is 9.50. The molecule has 0 aromatic rings. The van der Waals surface area contributed by atoms with Gasteiger partial charge in [-0.1, -0.05) is 64.0 Å². The molecule has 0 aromatic heterocycles. The number of unbranched alkanes of at least 4 members (excludes halogenated alkanes) is 9. The SMILES string of the molecule is CCCC/C=C\CCCCCCCCCC1=NC(C)(C)CO1. The van der Waals surface area contributed by atoms with Gasteiger partial charge in [-0.3, -0.25) is 0 Å². The van der Waals surface area contributed by atoms with Gasteiger partial charge >= 0.3 is 0 Å². The minimum absolute atomic E-state index is 0.0142. The highest BCUT2D eigenvalue weighted by Gasteiger charge is 2.25. The smallest absolute Gasteiger partial charge is 0.183 e. The average molecular weight is 308 g/mol. The third-order valence-electron chi connectivity index (χ3n) is 4.17. The van der Waals surface area contributed by atoms with Crippen LogP contribution in [-0.4, -0.2) is 18.0 Å². The van der Waals surface area contributed by atoms with Crippen molar-refractivity contribution in [2.75, 3.05) is 6.61 Å². The van der Waals surface area contributed by atoms with Crippen LogP contribution in [-0.2, 0) is 4.74 Å². The van der Waals surface area contributed by atoms with Crippen LogP contribution in [0.15, 0.2) is 17.1 Å². The van der Waals surface area contributed by atoms with E-state index in [1.807, 2.05) is 0 Å². The first kappa shape index (κ1) is 19.3. The van der Waals surface area contributed by atoms with Gasteiger partial charge in [0, 0.05) is 6.42 Å². The lowest BCUT2D eigenvalue weighted by Crippen LogP contribution is -2.17. The lowest BCUT2D eigenvalue weighted by atomic mass is 10.1. The van der Waals surface area contributed by atoms with Gasteiger partial charge in [0.2, 0.25) is 0 Å². The summed E-state index contributed by atoms with van der Waals surface area (Å²) >= 11 is 0. The summed E-state index contributed by atoms with van der Waals surface area (Å²) in [6.07, 6.45) is 20.4. The van der Waals surface area contributed by atoms with Gasteiger partial charge in [-0.25, -0.2) is 4.99 Å². The maximum atomic E-state index is 5.62. The molecule has 0 amide bonds. The Balaban J connectivity index is 1.81. The van der Waals surface area contributed by atoms with E-state index in [0.29, 0.717) is 0 Å². The molecule has 1 aliphatic heterocycles. The fraction of sp³-hybridized carbons (Fsp3) is 0.850. The van der Waals surface area contributed by atoms with Crippen molar-refractivity contribution in [2.24, 2.45) is 4.99 Å². The van der Waals surface area contributed by atoms with E-state index in [-0.39, 0.29) is 5.54 Å². The molecule has 0 saturated heterocycles. The first-order valence-corrected chi connectivity index (χ1v) is 9.50. The van der Waals surface area contributed by atoms with Gasteiger partial charge in [-0.05, 0) is 39.5 Å². The maximum Gasteiger partial charge on any atom is 0.183 e. The van der Waals surface area contributed by atoms with E-state index < -0.39 is 0 Å². The van der Waals surface area contributed by atoms with Crippen LogP contribution in [0.1, 0.15) is 97.8 Å². The Hall–Kier alpha value is -0.790. The molecule has 2 nitrogen and oxygen atoms in total.